The Labute approximate surface area is 116 Å². The fourth-order valence-electron chi connectivity index (χ4n) is 1.83. The number of aromatic nitrogens is 1. The summed E-state index contributed by atoms with van der Waals surface area (Å²) >= 11 is 0. The first-order valence-electron chi connectivity index (χ1n) is 5.95. The second-order valence-corrected chi connectivity index (χ2v) is 4.46. The van der Waals surface area contributed by atoms with Gasteiger partial charge in [0.25, 0.3) is 0 Å². The van der Waals surface area contributed by atoms with Crippen molar-refractivity contribution >= 4 is 11.9 Å². The van der Waals surface area contributed by atoms with E-state index in [0.29, 0.717) is 17.4 Å². The number of hydrogen-bond donors (Lipinski definition) is 0. The van der Waals surface area contributed by atoms with Crippen molar-refractivity contribution in [3.8, 4) is 5.88 Å². The zero-order chi connectivity index (χ0) is 15.6. The Morgan fingerprint density at radius 2 is 2.05 bits per heavy atom. The van der Waals surface area contributed by atoms with E-state index in [1.54, 1.807) is 0 Å². The molecule has 1 heterocycles. The maximum absolute atomic E-state index is 12.3. The van der Waals surface area contributed by atoms with E-state index < -0.39 is 25.6 Å². The predicted molar refractivity (Wildman–Crippen MR) is 63.3 cm³/mol. The number of alkyl halides is 5. The summed E-state index contributed by atoms with van der Waals surface area (Å²) in [7, 11) is 0. The smallest absolute Gasteiger partial charge is 0.422 e. The molecule has 0 fully saturated rings. The van der Waals surface area contributed by atoms with E-state index in [1.807, 2.05) is 0 Å². The highest BCUT2D eigenvalue weighted by Gasteiger charge is 2.30. The van der Waals surface area contributed by atoms with Gasteiger partial charge >= 0.3 is 6.18 Å². The van der Waals surface area contributed by atoms with Gasteiger partial charge in [0.2, 0.25) is 12.3 Å². The van der Waals surface area contributed by atoms with Crippen molar-refractivity contribution in [3.05, 3.63) is 29.0 Å². The van der Waals surface area contributed by atoms with Gasteiger partial charge in [0.15, 0.2) is 12.9 Å². The lowest BCUT2D eigenvalue weighted by molar-refractivity contribution is -0.154. The van der Waals surface area contributed by atoms with Gasteiger partial charge in [0.05, 0.1) is 5.69 Å². The second kappa shape index (κ2) is 5.79. The molecular formula is C13H10F5NO2. The Bertz CT molecular complexity index is 580. The van der Waals surface area contributed by atoms with Gasteiger partial charge in [-0.3, -0.25) is 4.79 Å². The molecule has 0 spiro atoms. The van der Waals surface area contributed by atoms with Gasteiger partial charge in [-0.2, -0.15) is 13.2 Å². The van der Waals surface area contributed by atoms with Gasteiger partial charge in [0, 0.05) is 18.1 Å². The molecule has 0 saturated carbocycles. The van der Waals surface area contributed by atoms with E-state index in [2.05, 4.69) is 9.72 Å². The number of rotatable bonds is 6. The van der Waals surface area contributed by atoms with Crippen molar-refractivity contribution in [2.75, 3.05) is 6.61 Å². The molecule has 0 aromatic carbocycles. The Hall–Kier alpha value is -1.99. The lowest BCUT2D eigenvalue weighted by atomic mass is 10.1. The number of carbonyl (C=O) groups excluding carboxylic acids is 1. The molecule has 1 aliphatic rings. The van der Waals surface area contributed by atoms with E-state index in [1.165, 1.54) is 6.07 Å². The molecule has 0 saturated heterocycles. The number of hydrogen-bond acceptors (Lipinski definition) is 3. The van der Waals surface area contributed by atoms with Crippen LogP contribution in [0, 0.1) is 0 Å². The van der Waals surface area contributed by atoms with Crippen molar-refractivity contribution in [3.63, 3.8) is 0 Å². The van der Waals surface area contributed by atoms with Gasteiger partial charge in [-0.05, 0) is 18.1 Å². The van der Waals surface area contributed by atoms with E-state index in [-0.39, 0.29) is 23.6 Å². The normalized spacial score (nSPS) is 14.6. The Morgan fingerprint density at radius 3 is 2.62 bits per heavy atom. The van der Waals surface area contributed by atoms with Crippen molar-refractivity contribution < 1.29 is 31.5 Å². The highest BCUT2D eigenvalue weighted by molar-refractivity contribution is 5.90. The fraction of sp³-hybridized carbons (Fsp3) is 0.385. The minimum atomic E-state index is -4.51. The summed E-state index contributed by atoms with van der Waals surface area (Å²) in [5, 5.41) is 0. The van der Waals surface area contributed by atoms with Crippen LogP contribution in [0.1, 0.15) is 28.9 Å². The molecule has 0 aliphatic heterocycles. The summed E-state index contributed by atoms with van der Waals surface area (Å²) in [4.78, 5) is 14.7. The first kappa shape index (κ1) is 15.4. The van der Waals surface area contributed by atoms with E-state index in [0.717, 1.165) is 6.07 Å². The maximum atomic E-state index is 12.3. The van der Waals surface area contributed by atoms with Crippen LogP contribution in [0.25, 0.3) is 5.57 Å². The van der Waals surface area contributed by atoms with E-state index in [4.69, 9.17) is 0 Å². The molecule has 0 amide bonds. The van der Waals surface area contributed by atoms with Crippen LogP contribution in [0.5, 0.6) is 5.88 Å². The zero-order valence-electron chi connectivity index (χ0n) is 10.6. The molecule has 21 heavy (non-hydrogen) atoms. The molecule has 3 nitrogen and oxygen atoms in total. The third-order valence-corrected chi connectivity index (χ3v) is 2.79. The van der Waals surface area contributed by atoms with E-state index >= 15 is 0 Å². The molecule has 2 rings (SSSR count). The number of nitrogens with zero attached hydrogens (tertiary/aromatic N) is 1. The van der Waals surface area contributed by atoms with Crippen molar-refractivity contribution in [2.45, 2.75) is 25.4 Å². The highest BCUT2D eigenvalue weighted by atomic mass is 19.4. The number of allylic oxidation sites excluding steroid dienone is 2. The topological polar surface area (TPSA) is 39.2 Å². The first-order chi connectivity index (χ1) is 9.80. The monoisotopic (exact) mass is 307 g/mol. The van der Waals surface area contributed by atoms with Gasteiger partial charge in [-0.15, -0.1) is 0 Å². The van der Waals surface area contributed by atoms with Crippen molar-refractivity contribution in [1.29, 1.82) is 0 Å². The van der Waals surface area contributed by atoms with Crippen LogP contribution in [-0.4, -0.2) is 30.5 Å². The third-order valence-electron chi connectivity index (χ3n) is 2.79. The summed E-state index contributed by atoms with van der Waals surface area (Å²) in [5.74, 6) is -0.302. The van der Waals surface area contributed by atoms with Crippen LogP contribution in [-0.2, 0) is 0 Å². The van der Waals surface area contributed by atoms with Crippen LogP contribution in [0.15, 0.2) is 17.7 Å². The van der Waals surface area contributed by atoms with Gasteiger partial charge < -0.3 is 4.74 Å². The summed E-state index contributed by atoms with van der Waals surface area (Å²) in [6, 6.07) is 2.39. The SMILES string of the molecule is O=Cc1ccc(OCC(F)(F)F)nc1C1=C(CC(F)F)C1. The second-order valence-electron chi connectivity index (χ2n) is 4.46. The Morgan fingerprint density at radius 1 is 1.33 bits per heavy atom. The van der Waals surface area contributed by atoms with Crippen molar-refractivity contribution in [2.24, 2.45) is 0 Å². The summed E-state index contributed by atoms with van der Waals surface area (Å²) in [5.41, 5.74) is 1.16. The molecular weight excluding hydrogens is 297 g/mol. The quantitative estimate of drug-likeness (QED) is 0.595. The highest BCUT2D eigenvalue weighted by Crippen LogP contribution is 2.43. The standard InChI is InChI=1S/C13H10F5NO2/c14-10(15)4-8-3-9(8)12-7(5-20)1-2-11(19-12)21-6-13(16,17)18/h1-2,5,10H,3-4,6H2. The molecule has 1 aromatic heterocycles. The van der Waals surface area contributed by atoms with Crippen LogP contribution in [0.2, 0.25) is 0 Å². The van der Waals surface area contributed by atoms with Gasteiger partial charge in [-0.25, -0.2) is 13.8 Å². The number of aldehydes is 1. The summed E-state index contributed by atoms with van der Waals surface area (Å²) in [6.45, 7) is -1.51. The molecule has 8 heteroatoms. The minimum Gasteiger partial charge on any atom is -0.468 e. The van der Waals surface area contributed by atoms with Crippen LogP contribution in [0.4, 0.5) is 22.0 Å². The van der Waals surface area contributed by atoms with Gasteiger partial charge in [0.1, 0.15) is 0 Å². The molecule has 0 N–H and O–H groups in total. The summed E-state index contributed by atoms with van der Waals surface area (Å²) < 4.78 is 65.2. The minimum absolute atomic E-state index is 0.111. The summed E-state index contributed by atoms with van der Waals surface area (Å²) in [6.07, 6.45) is -6.70. The van der Waals surface area contributed by atoms with Crippen LogP contribution < -0.4 is 4.74 Å². The average molecular weight is 307 g/mol. The molecule has 0 atom stereocenters. The molecule has 0 radical (unpaired) electrons. The number of carbonyl (C=O) groups is 1. The lowest BCUT2D eigenvalue weighted by Crippen LogP contribution is -2.19. The molecule has 1 aromatic rings. The van der Waals surface area contributed by atoms with E-state index in [9.17, 15) is 26.7 Å². The first-order valence-corrected chi connectivity index (χ1v) is 5.95. The number of halogens is 5. The van der Waals surface area contributed by atoms with Crippen LogP contribution >= 0.6 is 0 Å². The average Bonchev–Trinajstić information content (AvgIpc) is 3.13. The predicted octanol–water partition coefficient (Wildman–Crippen LogP) is 3.65. The Balaban J connectivity index is 2.20. The lowest BCUT2D eigenvalue weighted by Gasteiger charge is -2.09. The number of ether oxygens (including phenoxy) is 1. The largest absolute Gasteiger partial charge is 0.468 e. The Kier molecular flexibility index (Phi) is 4.24. The van der Waals surface area contributed by atoms with Crippen LogP contribution in [0.3, 0.4) is 0 Å². The number of pyridine rings is 1. The zero-order valence-corrected chi connectivity index (χ0v) is 10.6. The molecule has 0 unspecified atom stereocenters. The molecule has 1 aliphatic carbocycles. The molecule has 0 bridgehead atoms. The fourth-order valence-corrected chi connectivity index (χ4v) is 1.83. The van der Waals surface area contributed by atoms with Crippen molar-refractivity contribution in [1.82, 2.24) is 4.98 Å². The molecule has 114 valence electrons. The van der Waals surface area contributed by atoms with Gasteiger partial charge in [-0.1, -0.05) is 5.57 Å². The maximum Gasteiger partial charge on any atom is 0.422 e. The third kappa shape index (κ3) is 4.24.